The smallest absolute Gasteiger partial charge is 0.246 e. The number of carbonyl (C=O) groups excluding carboxylic acids is 4. The highest BCUT2D eigenvalue weighted by Crippen LogP contribution is 2.32. The molecular formula is C52H67N9O6S. The van der Waals surface area contributed by atoms with Gasteiger partial charge in [0.25, 0.3) is 0 Å². The number of aryl methyl sites for hydroxylation is 1. The number of hydrogen-bond donors (Lipinski definition) is 6. The molecule has 0 radical (unpaired) electrons. The van der Waals surface area contributed by atoms with Crippen LogP contribution < -0.4 is 26.6 Å². The molecule has 2 aromatic heterocycles. The third kappa shape index (κ3) is 14.3. The number of aliphatic hydroxyl groups is 1. The molecule has 0 spiro atoms. The first-order chi connectivity index (χ1) is 32.6. The molecule has 1 fully saturated rings. The van der Waals surface area contributed by atoms with E-state index in [4.69, 9.17) is 5.73 Å². The largest absolute Gasteiger partial charge is 0.507 e. The van der Waals surface area contributed by atoms with E-state index in [1.54, 1.807) is 29.5 Å². The SMILES string of the molecule is Cc1ncsc1-c1ccc(CNC(=O)[C@@H]2C[C@@H](O)CN2C(=O)[C@@H](NC(=O)CCCCCCCCC(=O)NCc2ccc(CCN(C)c3cc(-c4ccccc4O)nnc3N)cc2)C(C)(C)C)cc1. The van der Waals surface area contributed by atoms with Crippen molar-refractivity contribution in [2.45, 2.75) is 123 Å². The summed E-state index contributed by atoms with van der Waals surface area (Å²) in [5.74, 6) is -0.482. The topological polar surface area (TPSA) is 216 Å². The number of aliphatic hydroxyl groups excluding tert-OH is 1. The van der Waals surface area contributed by atoms with Gasteiger partial charge in [-0.2, -0.15) is 0 Å². The Morgan fingerprint density at radius 2 is 1.47 bits per heavy atom. The number of para-hydroxylation sites is 1. The number of likely N-dealkylation sites (tertiary alicyclic amines) is 1. The molecule has 6 rings (SSSR count). The highest BCUT2D eigenvalue weighted by Gasteiger charge is 2.44. The Kier molecular flexibility index (Phi) is 18.0. The number of phenolic OH excluding ortho intramolecular Hbond substituents is 1. The monoisotopic (exact) mass is 945 g/mol. The van der Waals surface area contributed by atoms with Crippen LogP contribution in [0.5, 0.6) is 5.75 Å². The second-order valence-corrected chi connectivity index (χ2v) is 19.7. The molecule has 68 heavy (non-hydrogen) atoms. The maximum absolute atomic E-state index is 14.0. The Morgan fingerprint density at radius 1 is 0.853 bits per heavy atom. The van der Waals surface area contributed by atoms with Crippen molar-refractivity contribution in [3.05, 3.63) is 107 Å². The van der Waals surface area contributed by atoms with Crippen LogP contribution in [-0.4, -0.2) is 92.2 Å². The number of rotatable bonds is 22. The molecule has 0 unspecified atom stereocenters. The van der Waals surface area contributed by atoms with E-state index in [-0.39, 0.29) is 55.3 Å². The molecule has 1 aliphatic rings. The molecule has 0 aliphatic carbocycles. The van der Waals surface area contributed by atoms with E-state index in [1.807, 2.05) is 93.7 Å². The van der Waals surface area contributed by atoms with Crippen molar-refractivity contribution >= 4 is 46.5 Å². The lowest BCUT2D eigenvalue weighted by atomic mass is 9.85. The number of phenols is 1. The Bertz CT molecular complexity index is 2470. The van der Waals surface area contributed by atoms with Crippen LogP contribution in [0.15, 0.2) is 84.4 Å². The minimum atomic E-state index is -0.868. The number of aromatic hydroxyl groups is 1. The first-order valence-corrected chi connectivity index (χ1v) is 24.5. The number of benzene rings is 3. The summed E-state index contributed by atoms with van der Waals surface area (Å²) in [6.45, 7) is 9.05. The summed E-state index contributed by atoms with van der Waals surface area (Å²) < 4.78 is 0. The van der Waals surface area contributed by atoms with Crippen LogP contribution in [0.3, 0.4) is 0 Å². The van der Waals surface area contributed by atoms with Gasteiger partial charge >= 0.3 is 0 Å². The normalized spacial score (nSPS) is 15.2. The summed E-state index contributed by atoms with van der Waals surface area (Å²) in [6, 6.07) is 23.2. The zero-order valence-electron chi connectivity index (χ0n) is 40.0. The summed E-state index contributed by atoms with van der Waals surface area (Å²) >= 11 is 1.58. The molecule has 3 heterocycles. The van der Waals surface area contributed by atoms with E-state index in [0.717, 1.165) is 77.0 Å². The lowest BCUT2D eigenvalue weighted by Gasteiger charge is -2.35. The van der Waals surface area contributed by atoms with Gasteiger partial charge in [0.1, 0.15) is 17.8 Å². The highest BCUT2D eigenvalue weighted by molar-refractivity contribution is 7.13. The van der Waals surface area contributed by atoms with Crippen molar-refractivity contribution in [2.75, 3.05) is 30.8 Å². The molecular weight excluding hydrogens is 879 g/mol. The zero-order chi connectivity index (χ0) is 48.8. The van der Waals surface area contributed by atoms with E-state index in [9.17, 15) is 29.4 Å². The number of thiazole rings is 1. The van der Waals surface area contributed by atoms with Crippen LogP contribution in [0.1, 0.15) is 101 Å². The van der Waals surface area contributed by atoms with E-state index in [0.29, 0.717) is 43.0 Å². The molecule has 4 amide bonds. The summed E-state index contributed by atoms with van der Waals surface area (Å²) in [4.78, 5) is 62.1. The summed E-state index contributed by atoms with van der Waals surface area (Å²) in [5, 5.41) is 38.0. The van der Waals surface area contributed by atoms with Crippen molar-refractivity contribution < 1.29 is 29.4 Å². The number of nitrogens with one attached hydrogen (secondary N) is 3. The molecule has 16 heteroatoms. The molecule has 15 nitrogen and oxygen atoms in total. The number of anilines is 2. The van der Waals surface area contributed by atoms with Gasteiger partial charge in [-0.05, 0) is 72.1 Å². The van der Waals surface area contributed by atoms with Crippen LogP contribution in [0.25, 0.3) is 21.7 Å². The predicted molar refractivity (Wildman–Crippen MR) is 267 cm³/mol. The molecule has 1 saturated heterocycles. The van der Waals surface area contributed by atoms with Gasteiger partial charge in [0.15, 0.2) is 5.82 Å². The van der Waals surface area contributed by atoms with E-state index < -0.39 is 23.6 Å². The number of amides is 4. The van der Waals surface area contributed by atoms with Crippen molar-refractivity contribution in [3.63, 3.8) is 0 Å². The summed E-state index contributed by atoms with van der Waals surface area (Å²) in [7, 11) is 1.94. The number of unbranched alkanes of at least 4 members (excludes halogenated alkanes) is 5. The van der Waals surface area contributed by atoms with Crippen LogP contribution in [0, 0.1) is 12.3 Å². The van der Waals surface area contributed by atoms with Gasteiger partial charge in [-0.25, -0.2) is 4.98 Å². The third-order valence-corrected chi connectivity index (χ3v) is 13.4. The second kappa shape index (κ2) is 24.1. The molecule has 3 aromatic carbocycles. The number of nitrogens with two attached hydrogens (primary N) is 1. The molecule has 0 saturated carbocycles. The minimum Gasteiger partial charge on any atom is -0.507 e. The first-order valence-electron chi connectivity index (χ1n) is 23.6. The number of β-amino-alcohol motifs (C(OH)–C–C–N with tert-alkyl or cyclic N) is 1. The average Bonchev–Trinajstić information content (AvgIpc) is 3.94. The Labute approximate surface area is 404 Å². The van der Waals surface area contributed by atoms with Crippen molar-refractivity contribution in [2.24, 2.45) is 5.41 Å². The van der Waals surface area contributed by atoms with Gasteiger partial charge in [-0.15, -0.1) is 21.5 Å². The lowest BCUT2D eigenvalue weighted by Crippen LogP contribution is -2.57. The molecule has 3 atom stereocenters. The highest BCUT2D eigenvalue weighted by atomic mass is 32.1. The Balaban J connectivity index is 0.839. The fourth-order valence-corrected chi connectivity index (χ4v) is 9.15. The number of likely N-dealkylation sites (N-methyl/N-ethyl adjacent to an activating group) is 1. The fraction of sp³-hybridized carbons (Fsp3) is 0.442. The number of nitrogens with zero attached hydrogens (tertiary/aromatic N) is 5. The lowest BCUT2D eigenvalue weighted by molar-refractivity contribution is -0.144. The fourth-order valence-electron chi connectivity index (χ4n) is 8.34. The minimum absolute atomic E-state index is 0.0154. The predicted octanol–water partition coefficient (Wildman–Crippen LogP) is 7.09. The zero-order valence-corrected chi connectivity index (χ0v) is 40.8. The van der Waals surface area contributed by atoms with Gasteiger partial charge in [0.05, 0.1) is 33.6 Å². The number of carbonyl (C=O) groups is 4. The van der Waals surface area contributed by atoms with E-state index in [1.165, 1.54) is 4.90 Å². The summed E-state index contributed by atoms with van der Waals surface area (Å²) in [6.07, 6.45) is 5.88. The average molecular weight is 946 g/mol. The maximum Gasteiger partial charge on any atom is 0.246 e. The molecule has 0 bridgehead atoms. The van der Waals surface area contributed by atoms with Crippen LogP contribution in [0.2, 0.25) is 0 Å². The van der Waals surface area contributed by atoms with Crippen molar-refractivity contribution in [1.82, 2.24) is 36.0 Å². The quantitative estimate of drug-likeness (QED) is 0.0385. The van der Waals surface area contributed by atoms with Crippen molar-refractivity contribution in [3.8, 4) is 27.4 Å². The molecule has 5 aromatic rings. The van der Waals surface area contributed by atoms with Crippen molar-refractivity contribution in [1.29, 1.82) is 0 Å². The van der Waals surface area contributed by atoms with Crippen LogP contribution in [-0.2, 0) is 38.7 Å². The standard InChI is InChI=1S/C52H67N9O6S/c1-34-47(68-33-56-34)38-24-22-37(23-25-38)31-55-50(66)43-28-39(62)32-61(43)51(67)48(52(2,3)4)57-46(65)17-11-9-7-6-8-10-16-45(64)54-30-36-20-18-35(19-21-36)26-27-60(5)42-29-41(58-59-49(42)53)40-14-12-13-15-44(40)63/h12-15,18-25,29,33,39,43,48,62-63H,6-11,16-17,26-28,30-32H2,1-5H3,(H2,53,59)(H,54,64)(H,55,66)(H,57,65)/t39-,43+,48-/m1/s1. The number of hydrogen-bond acceptors (Lipinski definition) is 12. The number of aromatic nitrogens is 3. The van der Waals surface area contributed by atoms with Crippen LogP contribution in [0.4, 0.5) is 11.5 Å². The Hall–Kier alpha value is -6.39. The third-order valence-electron chi connectivity index (χ3n) is 12.4. The maximum atomic E-state index is 14.0. The molecule has 362 valence electrons. The van der Waals surface area contributed by atoms with Crippen LogP contribution >= 0.6 is 11.3 Å². The van der Waals surface area contributed by atoms with Gasteiger partial charge < -0.3 is 41.7 Å². The van der Waals surface area contributed by atoms with E-state index >= 15 is 0 Å². The summed E-state index contributed by atoms with van der Waals surface area (Å²) in [5.41, 5.74) is 14.3. The number of nitrogen functional groups attached to an aromatic ring is 1. The Morgan fingerprint density at radius 3 is 2.12 bits per heavy atom. The first kappa shape index (κ1) is 51.0. The molecule has 1 aliphatic heterocycles. The van der Waals surface area contributed by atoms with Gasteiger partial charge in [0, 0.05) is 58.1 Å². The molecule has 7 N–H and O–H groups in total. The van der Waals surface area contributed by atoms with Gasteiger partial charge in [-0.1, -0.05) is 107 Å². The second-order valence-electron chi connectivity index (χ2n) is 18.8. The van der Waals surface area contributed by atoms with Gasteiger partial charge in [-0.3, -0.25) is 19.2 Å². The van der Waals surface area contributed by atoms with Gasteiger partial charge in [0.2, 0.25) is 23.6 Å². The van der Waals surface area contributed by atoms with E-state index in [2.05, 4.69) is 43.3 Å².